The Morgan fingerprint density at radius 3 is 2.35 bits per heavy atom. The van der Waals surface area contributed by atoms with Gasteiger partial charge in [-0.15, -0.1) is 0 Å². The number of benzene rings is 3. The predicted octanol–water partition coefficient (Wildman–Crippen LogP) is 6.40. The molecule has 250 valence electrons. The van der Waals surface area contributed by atoms with Crippen molar-refractivity contribution in [3.05, 3.63) is 90.1 Å². The molecule has 1 aromatic heterocycles. The highest BCUT2D eigenvalue weighted by Gasteiger charge is 2.37. The third-order valence-corrected chi connectivity index (χ3v) is 9.66. The Morgan fingerprint density at radius 1 is 0.875 bits per heavy atom. The summed E-state index contributed by atoms with van der Waals surface area (Å²) < 4.78 is 1.72. The number of aryl methyl sites for hydroxylation is 2. The van der Waals surface area contributed by atoms with Crippen LogP contribution in [0.1, 0.15) is 62.5 Å². The van der Waals surface area contributed by atoms with Crippen LogP contribution in [0, 0.1) is 12.8 Å². The summed E-state index contributed by atoms with van der Waals surface area (Å²) in [6, 6.07) is 21.3. The molecule has 2 fully saturated rings. The van der Waals surface area contributed by atoms with E-state index in [-0.39, 0.29) is 29.4 Å². The monoisotopic (exact) mass is 647 g/mol. The number of phenols is 1. The lowest BCUT2D eigenvalue weighted by Gasteiger charge is -2.37. The van der Waals surface area contributed by atoms with Crippen LogP contribution in [0.3, 0.4) is 0 Å². The number of anilines is 1. The van der Waals surface area contributed by atoms with Crippen molar-refractivity contribution >= 4 is 23.4 Å². The summed E-state index contributed by atoms with van der Waals surface area (Å²) in [4.78, 5) is 43.0. The molecule has 0 bridgehead atoms. The van der Waals surface area contributed by atoms with Crippen LogP contribution < -0.4 is 10.6 Å². The molecule has 3 amide bonds. The summed E-state index contributed by atoms with van der Waals surface area (Å²) in [5.41, 5.74) is 5.69. The maximum atomic E-state index is 14.2. The minimum absolute atomic E-state index is 0.0588. The summed E-state index contributed by atoms with van der Waals surface area (Å²) in [7, 11) is 1.84. The van der Waals surface area contributed by atoms with Crippen molar-refractivity contribution in [3.63, 3.8) is 0 Å². The topological polar surface area (TPSA) is 117 Å². The average molecular weight is 648 g/mol. The van der Waals surface area contributed by atoms with Gasteiger partial charge in [0.2, 0.25) is 17.7 Å². The van der Waals surface area contributed by atoms with Crippen LogP contribution in [0.2, 0.25) is 0 Å². The maximum absolute atomic E-state index is 14.2. The van der Waals surface area contributed by atoms with Gasteiger partial charge in [0.1, 0.15) is 23.5 Å². The first-order valence-corrected chi connectivity index (χ1v) is 17.2. The first kappa shape index (κ1) is 33.0. The molecule has 2 heterocycles. The van der Waals surface area contributed by atoms with Gasteiger partial charge in [-0.2, -0.15) is 5.10 Å². The van der Waals surface area contributed by atoms with Gasteiger partial charge in [-0.05, 0) is 74.4 Å². The normalized spacial score (nSPS) is 17.5. The van der Waals surface area contributed by atoms with Gasteiger partial charge in [0.15, 0.2) is 0 Å². The quantitative estimate of drug-likeness (QED) is 0.195. The van der Waals surface area contributed by atoms with E-state index in [1.165, 1.54) is 0 Å². The minimum Gasteiger partial charge on any atom is -0.507 e. The van der Waals surface area contributed by atoms with E-state index in [0.717, 1.165) is 67.2 Å². The van der Waals surface area contributed by atoms with Gasteiger partial charge in [-0.25, -0.2) is 0 Å². The zero-order valence-corrected chi connectivity index (χ0v) is 27.8. The molecular formula is C39H45N5O4. The van der Waals surface area contributed by atoms with Gasteiger partial charge < -0.3 is 20.6 Å². The van der Waals surface area contributed by atoms with Crippen LogP contribution in [0.15, 0.2) is 79.0 Å². The van der Waals surface area contributed by atoms with E-state index in [2.05, 4.69) is 15.7 Å². The Bertz CT molecular complexity index is 1740. The van der Waals surface area contributed by atoms with Crippen molar-refractivity contribution in [1.29, 1.82) is 0 Å². The van der Waals surface area contributed by atoms with Gasteiger partial charge in [0.25, 0.3) is 0 Å². The fourth-order valence-electron chi connectivity index (χ4n) is 7.07. The molecule has 1 unspecified atom stereocenters. The fraction of sp³-hybridized carbons (Fsp3) is 0.385. The summed E-state index contributed by atoms with van der Waals surface area (Å²) in [5.74, 6) is -0.410. The highest BCUT2D eigenvalue weighted by Crippen LogP contribution is 2.36. The number of likely N-dealkylation sites (tertiary alicyclic amines) is 1. The molecule has 1 aliphatic heterocycles. The van der Waals surface area contributed by atoms with Gasteiger partial charge in [-0.3, -0.25) is 19.1 Å². The third kappa shape index (κ3) is 7.62. The molecule has 3 aromatic carbocycles. The number of carbonyl (C=O) groups is 3. The lowest BCUT2D eigenvalue weighted by atomic mass is 9.88. The van der Waals surface area contributed by atoms with Gasteiger partial charge in [0, 0.05) is 48.9 Å². The average Bonchev–Trinajstić information content (AvgIpc) is 3.51. The van der Waals surface area contributed by atoms with E-state index in [1.807, 2.05) is 86.9 Å². The molecule has 1 aliphatic carbocycles. The zero-order chi connectivity index (χ0) is 33.6. The molecule has 1 saturated heterocycles. The molecule has 4 aromatic rings. The van der Waals surface area contributed by atoms with Gasteiger partial charge in [0.05, 0.1) is 0 Å². The highest BCUT2D eigenvalue weighted by atomic mass is 16.3. The van der Waals surface area contributed by atoms with E-state index >= 15 is 0 Å². The lowest BCUT2D eigenvalue weighted by Crippen LogP contribution is -2.57. The van der Waals surface area contributed by atoms with Crippen molar-refractivity contribution in [1.82, 2.24) is 20.0 Å². The molecule has 48 heavy (non-hydrogen) atoms. The highest BCUT2D eigenvalue weighted by molar-refractivity contribution is 5.99. The van der Waals surface area contributed by atoms with Crippen LogP contribution in [-0.4, -0.2) is 56.1 Å². The van der Waals surface area contributed by atoms with E-state index in [9.17, 15) is 19.5 Å². The molecule has 2 aliphatic rings. The summed E-state index contributed by atoms with van der Waals surface area (Å²) in [6.07, 6.45) is 9.40. The number of carbonyl (C=O) groups excluding carboxylic acids is 3. The number of nitrogens with zero attached hydrogens (tertiary/aromatic N) is 3. The molecule has 0 radical (unpaired) electrons. The number of piperidine rings is 1. The predicted molar refractivity (Wildman–Crippen MR) is 187 cm³/mol. The van der Waals surface area contributed by atoms with E-state index in [0.29, 0.717) is 36.3 Å². The van der Waals surface area contributed by atoms with Crippen LogP contribution in [0.5, 0.6) is 5.75 Å². The summed E-state index contributed by atoms with van der Waals surface area (Å²) in [5, 5.41) is 21.3. The van der Waals surface area contributed by atoms with Crippen molar-refractivity contribution in [3.8, 4) is 28.1 Å². The maximum Gasteiger partial charge on any atom is 0.247 e. The number of aromatic hydroxyl groups is 1. The molecule has 9 heteroatoms. The molecule has 9 nitrogen and oxygen atoms in total. The van der Waals surface area contributed by atoms with Crippen molar-refractivity contribution < 1.29 is 19.5 Å². The molecule has 0 spiro atoms. The number of nitrogens with one attached hydrogen (secondary N) is 2. The number of aromatic nitrogens is 2. The van der Waals surface area contributed by atoms with E-state index in [1.54, 1.807) is 15.6 Å². The van der Waals surface area contributed by atoms with Crippen LogP contribution >= 0.6 is 0 Å². The van der Waals surface area contributed by atoms with Crippen molar-refractivity contribution in [2.45, 2.75) is 76.8 Å². The minimum atomic E-state index is -0.740. The number of hydrogen-bond donors (Lipinski definition) is 3. The standard InChI is InChI=1S/C39H45N5O4/c1-26-16-21-35(45)31(23-26)36-32(25-43(2)42-36)28-17-19-30(20-18-28)40-38(47)34-15-9-10-22-44(34)39(48)33(24-27-11-5-3-6-12-27)41-37(46)29-13-7-4-8-14-29/h3,5-6,11-12,16-21,23,25,29,33-34,45H,4,7-10,13-15,22,24H2,1-2H3,(H,40,47)(H,41,46)/t33-,34?/m0/s1. The summed E-state index contributed by atoms with van der Waals surface area (Å²) >= 11 is 0. The number of rotatable bonds is 9. The largest absolute Gasteiger partial charge is 0.507 e. The first-order valence-electron chi connectivity index (χ1n) is 17.2. The Balaban J connectivity index is 1.18. The first-order chi connectivity index (χ1) is 23.3. The van der Waals surface area contributed by atoms with Crippen LogP contribution in [0.4, 0.5) is 5.69 Å². The second-order valence-electron chi connectivity index (χ2n) is 13.3. The van der Waals surface area contributed by atoms with E-state index < -0.39 is 12.1 Å². The van der Waals surface area contributed by atoms with Crippen molar-refractivity contribution in [2.75, 3.05) is 11.9 Å². The molecule has 1 saturated carbocycles. The van der Waals surface area contributed by atoms with Crippen LogP contribution in [0.25, 0.3) is 22.4 Å². The zero-order valence-electron chi connectivity index (χ0n) is 27.8. The Labute approximate surface area is 282 Å². The Hall–Kier alpha value is -4.92. The third-order valence-electron chi connectivity index (χ3n) is 9.66. The fourth-order valence-corrected chi connectivity index (χ4v) is 7.07. The molecule has 6 rings (SSSR count). The van der Waals surface area contributed by atoms with Crippen molar-refractivity contribution in [2.24, 2.45) is 13.0 Å². The smallest absolute Gasteiger partial charge is 0.247 e. The van der Waals surface area contributed by atoms with Gasteiger partial charge in [-0.1, -0.05) is 73.4 Å². The number of hydrogen-bond acceptors (Lipinski definition) is 5. The Kier molecular flexibility index (Phi) is 10.2. The lowest BCUT2D eigenvalue weighted by molar-refractivity contribution is -0.144. The Morgan fingerprint density at radius 2 is 1.60 bits per heavy atom. The molecule has 3 N–H and O–H groups in total. The number of amides is 3. The molecular weight excluding hydrogens is 602 g/mol. The van der Waals surface area contributed by atoms with Crippen LogP contribution in [-0.2, 0) is 27.9 Å². The van der Waals surface area contributed by atoms with E-state index in [4.69, 9.17) is 0 Å². The number of phenolic OH excluding ortho intramolecular Hbond substituents is 1. The molecule has 2 atom stereocenters. The van der Waals surface area contributed by atoms with Gasteiger partial charge >= 0.3 is 0 Å². The SMILES string of the molecule is Cc1ccc(O)c(-c2nn(C)cc2-c2ccc(NC(=O)C3CCCCN3C(=O)[C@H](Cc3ccccc3)NC(=O)C3CCCCC3)cc2)c1. The summed E-state index contributed by atoms with van der Waals surface area (Å²) in [6.45, 7) is 2.44. The second-order valence-corrected chi connectivity index (χ2v) is 13.3. The second kappa shape index (κ2) is 14.9.